The van der Waals surface area contributed by atoms with E-state index in [1.165, 1.54) is 49.0 Å². The van der Waals surface area contributed by atoms with E-state index in [2.05, 4.69) is 37.4 Å². The highest BCUT2D eigenvalue weighted by atomic mass is 14.9. The molecule has 1 saturated heterocycles. The molecule has 0 spiro atoms. The van der Waals surface area contributed by atoms with E-state index in [-0.39, 0.29) is 0 Å². The van der Waals surface area contributed by atoms with Gasteiger partial charge >= 0.3 is 0 Å². The van der Waals surface area contributed by atoms with Gasteiger partial charge in [-0.25, -0.2) is 0 Å². The summed E-state index contributed by atoms with van der Waals surface area (Å²) in [5.74, 6) is 0.897. The van der Waals surface area contributed by atoms with Crippen LogP contribution in [0.5, 0.6) is 0 Å². The Balaban J connectivity index is 2.00. The van der Waals surface area contributed by atoms with E-state index in [4.69, 9.17) is 0 Å². The lowest BCUT2D eigenvalue weighted by atomic mass is 9.90. The number of hydrogen-bond donors (Lipinski definition) is 1. The maximum atomic E-state index is 3.42. The summed E-state index contributed by atoms with van der Waals surface area (Å²) in [5, 5.41) is 3.42. The normalized spacial score (nSPS) is 18.0. The van der Waals surface area contributed by atoms with Gasteiger partial charge in [0.1, 0.15) is 0 Å². The third-order valence-corrected chi connectivity index (χ3v) is 3.55. The summed E-state index contributed by atoms with van der Waals surface area (Å²) in [6.07, 6.45) is 3.95. The molecule has 1 aliphatic heterocycles. The molecule has 0 aliphatic carbocycles. The average molecular weight is 203 g/mol. The Labute approximate surface area is 92.9 Å². The molecule has 0 aromatic heterocycles. The van der Waals surface area contributed by atoms with Crippen LogP contribution in [-0.2, 0) is 6.42 Å². The fourth-order valence-electron chi connectivity index (χ4n) is 2.35. The van der Waals surface area contributed by atoms with Crippen molar-refractivity contribution in [2.75, 3.05) is 13.1 Å². The fourth-order valence-corrected chi connectivity index (χ4v) is 2.35. The van der Waals surface area contributed by atoms with E-state index in [1.807, 2.05) is 0 Å². The topological polar surface area (TPSA) is 12.0 Å². The molecule has 0 unspecified atom stereocenters. The summed E-state index contributed by atoms with van der Waals surface area (Å²) in [6, 6.07) is 6.91. The van der Waals surface area contributed by atoms with Crippen LogP contribution in [0.2, 0.25) is 0 Å². The third kappa shape index (κ3) is 2.82. The molecular formula is C14H21N. The number of nitrogens with one attached hydrogen (secondary N) is 1. The molecule has 15 heavy (non-hydrogen) atoms. The highest BCUT2D eigenvalue weighted by Gasteiger charge is 2.13. The van der Waals surface area contributed by atoms with Gasteiger partial charge in [0.05, 0.1) is 0 Å². The highest BCUT2D eigenvalue weighted by Crippen LogP contribution is 2.19. The van der Waals surface area contributed by atoms with Crippen LogP contribution < -0.4 is 5.32 Å². The first-order valence-electron chi connectivity index (χ1n) is 6.02. The number of piperidine rings is 1. The molecule has 0 atom stereocenters. The van der Waals surface area contributed by atoms with Crippen LogP contribution in [-0.4, -0.2) is 13.1 Å². The number of hydrogen-bond acceptors (Lipinski definition) is 1. The Hall–Kier alpha value is -0.820. The monoisotopic (exact) mass is 203 g/mol. The summed E-state index contributed by atoms with van der Waals surface area (Å²) >= 11 is 0. The standard InChI is InChI=1S/C14H21N/c1-11-3-4-14(9-12(11)2)10-13-5-7-15-8-6-13/h3-4,9,13,15H,5-8,10H2,1-2H3. The van der Waals surface area contributed by atoms with Gasteiger partial charge in [0.2, 0.25) is 0 Å². The molecule has 1 nitrogen and oxygen atoms in total. The predicted molar refractivity (Wildman–Crippen MR) is 65.2 cm³/mol. The van der Waals surface area contributed by atoms with Crippen LogP contribution in [0.1, 0.15) is 29.5 Å². The number of rotatable bonds is 2. The van der Waals surface area contributed by atoms with Crippen molar-refractivity contribution in [3.05, 3.63) is 34.9 Å². The minimum Gasteiger partial charge on any atom is -0.317 e. The van der Waals surface area contributed by atoms with Gasteiger partial charge in [0, 0.05) is 0 Å². The zero-order chi connectivity index (χ0) is 10.7. The van der Waals surface area contributed by atoms with E-state index in [1.54, 1.807) is 0 Å². The van der Waals surface area contributed by atoms with Crippen LogP contribution in [0.15, 0.2) is 18.2 Å². The second-order valence-electron chi connectivity index (χ2n) is 4.82. The first kappa shape index (κ1) is 10.7. The molecule has 1 aromatic rings. The van der Waals surface area contributed by atoms with Gasteiger partial charge in [-0.2, -0.15) is 0 Å². The Morgan fingerprint density at radius 1 is 1.13 bits per heavy atom. The van der Waals surface area contributed by atoms with Crippen molar-refractivity contribution >= 4 is 0 Å². The van der Waals surface area contributed by atoms with Gasteiger partial charge < -0.3 is 5.32 Å². The first-order chi connectivity index (χ1) is 7.25. The van der Waals surface area contributed by atoms with E-state index in [9.17, 15) is 0 Å². The van der Waals surface area contributed by atoms with Crippen molar-refractivity contribution in [3.8, 4) is 0 Å². The summed E-state index contributed by atoms with van der Waals surface area (Å²) in [6.45, 7) is 6.80. The molecule has 1 heteroatoms. The quantitative estimate of drug-likeness (QED) is 0.779. The van der Waals surface area contributed by atoms with Crippen LogP contribution in [0.3, 0.4) is 0 Å². The van der Waals surface area contributed by atoms with Crippen molar-refractivity contribution in [3.63, 3.8) is 0 Å². The summed E-state index contributed by atoms with van der Waals surface area (Å²) in [5.41, 5.74) is 4.36. The van der Waals surface area contributed by atoms with Crippen molar-refractivity contribution in [1.29, 1.82) is 0 Å². The van der Waals surface area contributed by atoms with E-state index in [0.29, 0.717) is 0 Å². The van der Waals surface area contributed by atoms with E-state index in [0.717, 1.165) is 5.92 Å². The Bertz CT molecular complexity index is 324. The molecule has 0 radical (unpaired) electrons. The van der Waals surface area contributed by atoms with Crippen LogP contribution in [0, 0.1) is 19.8 Å². The third-order valence-electron chi connectivity index (χ3n) is 3.55. The molecule has 1 fully saturated rings. The number of benzene rings is 1. The maximum Gasteiger partial charge on any atom is -0.00462 e. The first-order valence-corrected chi connectivity index (χ1v) is 6.02. The minimum atomic E-state index is 0.897. The molecule has 0 amide bonds. The second-order valence-corrected chi connectivity index (χ2v) is 4.82. The summed E-state index contributed by atoms with van der Waals surface area (Å²) in [7, 11) is 0. The molecule has 1 aromatic carbocycles. The zero-order valence-electron chi connectivity index (χ0n) is 9.84. The molecular weight excluding hydrogens is 182 g/mol. The average Bonchev–Trinajstić information content (AvgIpc) is 2.25. The van der Waals surface area contributed by atoms with Gasteiger partial charge in [-0.3, -0.25) is 0 Å². The fraction of sp³-hybridized carbons (Fsp3) is 0.571. The lowest BCUT2D eigenvalue weighted by Crippen LogP contribution is -2.28. The molecule has 0 bridgehead atoms. The van der Waals surface area contributed by atoms with Gasteiger partial charge in [-0.05, 0) is 68.8 Å². The number of aryl methyl sites for hydroxylation is 2. The zero-order valence-corrected chi connectivity index (χ0v) is 9.84. The Morgan fingerprint density at radius 2 is 1.87 bits per heavy atom. The summed E-state index contributed by atoms with van der Waals surface area (Å²) in [4.78, 5) is 0. The van der Waals surface area contributed by atoms with Crippen molar-refractivity contribution in [2.24, 2.45) is 5.92 Å². The lowest BCUT2D eigenvalue weighted by Gasteiger charge is -2.22. The molecule has 1 heterocycles. The second kappa shape index (κ2) is 4.80. The van der Waals surface area contributed by atoms with E-state index >= 15 is 0 Å². The molecule has 1 N–H and O–H groups in total. The molecule has 1 aliphatic rings. The molecule has 0 saturated carbocycles. The van der Waals surface area contributed by atoms with Crippen LogP contribution in [0.4, 0.5) is 0 Å². The van der Waals surface area contributed by atoms with Crippen molar-refractivity contribution in [1.82, 2.24) is 5.32 Å². The minimum absolute atomic E-state index is 0.897. The largest absolute Gasteiger partial charge is 0.317 e. The van der Waals surface area contributed by atoms with Gasteiger partial charge in [-0.1, -0.05) is 18.2 Å². The van der Waals surface area contributed by atoms with Crippen molar-refractivity contribution in [2.45, 2.75) is 33.1 Å². The summed E-state index contributed by atoms with van der Waals surface area (Å²) < 4.78 is 0. The SMILES string of the molecule is Cc1ccc(CC2CCNCC2)cc1C. The van der Waals surface area contributed by atoms with E-state index < -0.39 is 0 Å². The van der Waals surface area contributed by atoms with Gasteiger partial charge in [0.25, 0.3) is 0 Å². The Morgan fingerprint density at radius 3 is 2.53 bits per heavy atom. The van der Waals surface area contributed by atoms with Crippen molar-refractivity contribution < 1.29 is 0 Å². The lowest BCUT2D eigenvalue weighted by molar-refractivity contribution is 0.372. The predicted octanol–water partition coefficient (Wildman–Crippen LogP) is 2.85. The highest BCUT2D eigenvalue weighted by molar-refractivity contribution is 5.30. The molecule has 82 valence electrons. The maximum absolute atomic E-state index is 3.42. The van der Waals surface area contributed by atoms with Crippen LogP contribution in [0.25, 0.3) is 0 Å². The molecule has 2 rings (SSSR count). The smallest absolute Gasteiger partial charge is 0.00462 e. The van der Waals surface area contributed by atoms with Gasteiger partial charge in [-0.15, -0.1) is 0 Å². The van der Waals surface area contributed by atoms with Crippen LogP contribution >= 0.6 is 0 Å². The van der Waals surface area contributed by atoms with Gasteiger partial charge in [0.15, 0.2) is 0 Å². The Kier molecular flexibility index (Phi) is 3.42.